The SMILES string of the molecule is CC1=C(C(=O)OC2CCCCCC2)C(c2cccc(Cl)c2)CC(=O)N1. The van der Waals surface area contributed by atoms with Crippen LogP contribution in [-0.2, 0) is 14.3 Å². The molecule has 1 atom stereocenters. The maximum absolute atomic E-state index is 12.9. The van der Waals surface area contributed by atoms with Gasteiger partial charge in [0, 0.05) is 23.1 Å². The molecule has 1 saturated carbocycles. The van der Waals surface area contributed by atoms with E-state index in [1.807, 2.05) is 18.2 Å². The first kappa shape index (κ1) is 18.0. The van der Waals surface area contributed by atoms with Crippen LogP contribution in [0.5, 0.6) is 0 Å². The quantitative estimate of drug-likeness (QED) is 0.637. The van der Waals surface area contributed by atoms with Gasteiger partial charge in [0.25, 0.3) is 0 Å². The van der Waals surface area contributed by atoms with E-state index in [9.17, 15) is 9.59 Å². The Bertz CT molecular complexity index is 690. The number of ether oxygens (including phenoxy) is 1. The molecule has 4 nitrogen and oxygen atoms in total. The van der Waals surface area contributed by atoms with Crippen molar-refractivity contribution < 1.29 is 14.3 Å². The second-order valence-corrected chi connectivity index (χ2v) is 7.35. The zero-order valence-electron chi connectivity index (χ0n) is 14.5. The van der Waals surface area contributed by atoms with Gasteiger partial charge in [-0.05, 0) is 50.3 Å². The van der Waals surface area contributed by atoms with Gasteiger partial charge in [-0.3, -0.25) is 4.79 Å². The highest BCUT2D eigenvalue weighted by Gasteiger charge is 2.34. The third kappa shape index (κ3) is 4.43. The van der Waals surface area contributed by atoms with Gasteiger partial charge in [-0.1, -0.05) is 36.6 Å². The molecule has 0 bridgehead atoms. The highest BCUT2D eigenvalue weighted by molar-refractivity contribution is 6.30. The van der Waals surface area contributed by atoms with Crippen molar-refractivity contribution >= 4 is 23.5 Å². The molecule has 1 aromatic rings. The van der Waals surface area contributed by atoms with Gasteiger partial charge in [0.1, 0.15) is 6.10 Å². The van der Waals surface area contributed by atoms with E-state index in [1.54, 1.807) is 13.0 Å². The summed E-state index contributed by atoms with van der Waals surface area (Å²) >= 11 is 6.11. The molecule has 0 spiro atoms. The summed E-state index contributed by atoms with van der Waals surface area (Å²) in [5.74, 6) is -0.714. The Balaban J connectivity index is 1.85. The number of allylic oxidation sites excluding steroid dienone is 1. The fourth-order valence-electron chi connectivity index (χ4n) is 3.75. The van der Waals surface area contributed by atoms with Crippen molar-refractivity contribution in [2.75, 3.05) is 0 Å². The van der Waals surface area contributed by atoms with Crippen LogP contribution >= 0.6 is 11.6 Å². The number of esters is 1. The minimum absolute atomic E-state index is 0.0204. The van der Waals surface area contributed by atoms with Crippen molar-refractivity contribution in [2.45, 2.75) is 63.9 Å². The standard InChI is InChI=1S/C20H24ClNO3/c1-13-19(20(24)25-16-9-4-2-3-5-10-16)17(12-18(23)22-13)14-7-6-8-15(21)11-14/h6-8,11,16-17H,2-5,9-10,12H2,1H3,(H,22,23). The molecule has 1 fully saturated rings. The first-order valence-corrected chi connectivity index (χ1v) is 9.39. The minimum Gasteiger partial charge on any atom is -0.459 e. The van der Waals surface area contributed by atoms with Crippen molar-refractivity contribution in [3.05, 3.63) is 46.1 Å². The van der Waals surface area contributed by atoms with Crippen molar-refractivity contribution in [3.8, 4) is 0 Å². The number of hydrogen-bond donors (Lipinski definition) is 1. The number of amides is 1. The molecule has 1 unspecified atom stereocenters. The van der Waals surface area contributed by atoms with E-state index in [0.717, 1.165) is 31.2 Å². The number of carbonyl (C=O) groups is 2. The van der Waals surface area contributed by atoms with Crippen LogP contribution in [-0.4, -0.2) is 18.0 Å². The molecular weight excluding hydrogens is 338 g/mol. The summed E-state index contributed by atoms with van der Waals surface area (Å²) in [7, 11) is 0. The average molecular weight is 362 g/mol. The second-order valence-electron chi connectivity index (χ2n) is 6.92. The van der Waals surface area contributed by atoms with Crippen molar-refractivity contribution in [1.82, 2.24) is 5.32 Å². The van der Waals surface area contributed by atoms with Crippen LogP contribution in [0.2, 0.25) is 5.02 Å². The van der Waals surface area contributed by atoms with Gasteiger partial charge in [-0.15, -0.1) is 0 Å². The predicted octanol–water partition coefficient (Wildman–Crippen LogP) is 4.48. The molecule has 1 N–H and O–H groups in total. The fraction of sp³-hybridized carbons (Fsp3) is 0.500. The molecule has 1 heterocycles. The maximum Gasteiger partial charge on any atom is 0.336 e. The van der Waals surface area contributed by atoms with E-state index >= 15 is 0 Å². The maximum atomic E-state index is 12.9. The second kappa shape index (κ2) is 8.05. The number of hydrogen-bond acceptors (Lipinski definition) is 3. The van der Waals surface area contributed by atoms with E-state index in [-0.39, 0.29) is 30.3 Å². The Hall–Kier alpha value is -1.81. The highest BCUT2D eigenvalue weighted by atomic mass is 35.5. The lowest BCUT2D eigenvalue weighted by atomic mass is 9.84. The molecule has 0 radical (unpaired) electrons. The molecule has 0 aromatic heterocycles. The van der Waals surface area contributed by atoms with Crippen LogP contribution in [0, 0.1) is 0 Å². The Morgan fingerprint density at radius 2 is 1.92 bits per heavy atom. The molecule has 134 valence electrons. The monoisotopic (exact) mass is 361 g/mol. The highest BCUT2D eigenvalue weighted by Crippen LogP contribution is 2.35. The molecule has 1 aliphatic carbocycles. The van der Waals surface area contributed by atoms with Gasteiger partial charge in [-0.2, -0.15) is 0 Å². The first-order chi connectivity index (χ1) is 12.0. The van der Waals surface area contributed by atoms with Gasteiger partial charge in [0.05, 0.1) is 5.57 Å². The Labute approximate surface area is 153 Å². The molecule has 5 heteroatoms. The van der Waals surface area contributed by atoms with Crippen LogP contribution in [0.3, 0.4) is 0 Å². The van der Waals surface area contributed by atoms with Crippen LogP contribution in [0.15, 0.2) is 35.5 Å². The molecule has 1 aromatic carbocycles. The van der Waals surface area contributed by atoms with Gasteiger partial charge in [-0.25, -0.2) is 4.79 Å². The largest absolute Gasteiger partial charge is 0.459 e. The number of carbonyl (C=O) groups excluding carboxylic acids is 2. The lowest BCUT2D eigenvalue weighted by Gasteiger charge is -2.28. The topological polar surface area (TPSA) is 55.4 Å². The average Bonchev–Trinajstić information content (AvgIpc) is 2.82. The van der Waals surface area contributed by atoms with Crippen LogP contribution in [0.4, 0.5) is 0 Å². The van der Waals surface area contributed by atoms with Gasteiger partial charge < -0.3 is 10.1 Å². The van der Waals surface area contributed by atoms with E-state index in [0.29, 0.717) is 16.3 Å². The third-order valence-corrected chi connectivity index (χ3v) is 5.25. The smallest absolute Gasteiger partial charge is 0.336 e. The molecule has 1 amide bonds. The van der Waals surface area contributed by atoms with E-state index in [4.69, 9.17) is 16.3 Å². The molecule has 1 aliphatic heterocycles. The first-order valence-electron chi connectivity index (χ1n) is 9.01. The summed E-state index contributed by atoms with van der Waals surface area (Å²) in [4.78, 5) is 24.9. The lowest BCUT2D eigenvalue weighted by Crippen LogP contribution is -2.35. The number of benzene rings is 1. The van der Waals surface area contributed by atoms with Crippen molar-refractivity contribution in [1.29, 1.82) is 0 Å². The third-order valence-electron chi connectivity index (χ3n) is 5.02. The van der Waals surface area contributed by atoms with Gasteiger partial charge in [0.15, 0.2) is 0 Å². The summed E-state index contributed by atoms with van der Waals surface area (Å²) in [6.07, 6.45) is 6.67. The zero-order chi connectivity index (χ0) is 17.8. The summed E-state index contributed by atoms with van der Waals surface area (Å²) in [6, 6.07) is 7.35. The Kier molecular flexibility index (Phi) is 5.79. The van der Waals surface area contributed by atoms with E-state index in [2.05, 4.69) is 5.32 Å². The Morgan fingerprint density at radius 1 is 1.20 bits per heavy atom. The zero-order valence-corrected chi connectivity index (χ0v) is 15.3. The van der Waals surface area contributed by atoms with E-state index < -0.39 is 0 Å². The predicted molar refractivity (Wildman–Crippen MR) is 97.2 cm³/mol. The van der Waals surface area contributed by atoms with Crippen molar-refractivity contribution in [2.24, 2.45) is 0 Å². The number of rotatable bonds is 3. The normalized spacial score (nSPS) is 22.3. The summed E-state index contributed by atoms with van der Waals surface area (Å²) < 4.78 is 5.82. The summed E-state index contributed by atoms with van der Waals surface area (Å²) in [5, 5.41) is 3.38. The van der Waals surface area contributed by atoms with Gasteiger partial charge in [0.2, 0.25) is 5.91 Å². The minimum atomic E-state index is -0.314. The van der Waals surface area contributed by atoms with E-state index in [1.165, 1.54) is 12.8 Å². The van der Waals surface area contributed by atoms with Crippen LogP contribution in [0.1, 0.15) is 63.4 Å². The lowest BCUT2D eigenvalue weighted by molar-refractivity contribution is -0.145. The van der Waals surface area contributed by atoms with Gasteiger partial charge >= 0.3 is 5.97 Å². The molecule has 25 heavy (non-hydrogen) atoms. The summed E-state index contributed by atoms with van der Waals surface area (Å²) in [5.41, 5.74) is 2.00. The number of nitrogens with one attached hydrogen (secondary N) is 1. The van der Waals surface area contributed by atoms with Crippen LogP contribution < -0.4 is 5.32 Å². The van der Waals surface area contributed by atoms with Crippen LogP contribution in [0.25, 0.3) is 0 Å². The molecule has 3 rings (SSSR count). The molecule has 0 saturated heterocycles. The number of halogens is 1. The molecular formula is C20H24ClNO3. The molecule has 2 aliphatic rings. The fourth-order valence-corrected chi connectivity index (χ4v) is 3.95. The van der Waals surface area contributed by atoms with Crippen molar-refractivity contribution in [3.63, 3.8) is 0 Å². The summed E-state index contributed by atoms with van der Waals surface area (Å²) in [6.45, 7) is 1.76. The Morgan fingerprint density at radius 3 is 2.60 bits per heavy atom.